The Morgan fingerprint density at radius 3 is 2.75 bits per heavy atom. The maximum absolute atomic E-state index is 11.5. The summed E-state index contributed by atoms with van der Waals surface area (Å²) in [6.07, 6.45) is 3.37. The third-order valence-corrected chi connectivity index (χ3v) is 3.80. The number of nitrogens with zero attached hydrogens (tertiary/aromatic N) is 3. The van der Waals surface area contributed by atoms with E-state index < -0.39 is 15.3 Å². The first-order chi connectivity index (χ1) is 7.45. The van der Waals surface area contributed by atoms with Crippen molar-refractivity contribution in [1.29, 1.82) is 5.26 Å². The minimum atomic E-state index is -3.56. The van der Waals surface area contributed by atoms with Crippen LogP contribution in [0.25, 0.3) is 0 Å². The van der Waals surface area contributed by atoms with Crippen LogP contribution in [0.5, 0.6) is 0 Å². The average molecular weight is 242 g/mol. The number of hydrogen-bond donors (Lipinski definition) is 1. The molecular weight excluding hydrogens is 228 g/mol. The second kappa shape index (κ2) is 5.09. The summed E-state index contributed by atoms with van der Waals surface area (Å²) in [5, 5.41) is 11.5. The summed E-state index contributed by atoms with van der Waals surface area (Å²) in [6.45, 7) is 3.51. The lowest BCUT2D eigenvalue weighted by atomic mass is 10.4. The number of nitrogens with one attached hydrogen (secondary N) is 1. The lowest BCUT2D eigenvalue weighted by molar-refractivity contribution is 0.492. The predicted octanol–water partition coefficient (Wildman–Crippen LogP) is 0.103. The van der Waals surface area contributed by atoms with Gasteiger partial charge in [0.15, 0.2) is 5.25 Å². The first-order valence-electron chi connectivity index (χ1n) is 4.84. The van der Waals surface area contributed by atoms with Crippen LogP contribution in [0, 0.1) is 11.3 Å². The molecule has 0 spiro atoms. The van der Waals surface area contributed by atoms with Crippen molar-refractivity contribution in [2.24, 2.45) is 0 Å². The summed E-state index contributed by atoms with van der Waals surface area (Å²) in [7, 11) is -3.56. The van der Waals surface area contributed by atoms with Gasteiger partial charge in [-0.15, -0.1) is 0 Å². The summed E-state index contributed by atoms with van der Waals surface area (Å²) in [6, 6.07) is 3.15. The zero-order chi connectivity index (χ0) is 12.2. The summed E-state index contributed by atoms with van der Waals surface area (Å²) < 4.78 is 27.1. The van der Waals surface area contributed by atoms with Crippen LogP contribution in [-0.4, -0.2) is 29.5 Å². The molecule has 16 heavy (non-hydrogen) atoms. The molecule has 0 aliphatic rings. The van der Waals surface area contributed by atoms with Crippen molar-refractivity contribution in [3.8, 4) is 6.07 Å². The van der Waals surface area contributed by atoms with Crippen LogP contribution < -0.4 is 4.72 Å². The van der Waals surface area contributed by atoms with E-state index in [-0.39, 0.29) is 6.04 Å². The molecule has 0 aromatic carbocycles. The molecule has 1 heterocycles. The number of nitriles is 1. The maximum Gasteiger partial charge on any atom is 0.227 e. The monoisotopic (exact) mass is 242 g/mol. The molecule has 0 bridgehead atoms. The summed E-state index contributed by atoms with van der Waals surface area (Å²) in [4.78, 5) is 0. The van der Waals surface area contributed by atoms with Gasteiger partial charge in [0.25, 0.3) is 0 Å². The molecule has 0 saturated carbocycles. The standard InChI is InChI=1S/C9H14N4O2S/c1-8(7-13-5-3-4-11-13)12-16(14,15)9(2)6-10/h3-5,8-9,12H,7H2,1-2H3. The third kappa shape index (κ3) is 3.32. The third-order valence-electron chi connectivity index (χ3n) is 2.03. The summed E-state index contributed by atoms with van der Waals surface area (Å²) in [5.41, 5.74) is 0. The van der Waals surface area contributed by atoms with E-state index in [4.69, 9.17) is 5.26 Å². The quantitative estimate of drug-likeness (QED) is 0.793. The maximum atomic E-state index is 11.5. The van der Waals surface area contributed by atoms with Crippen molar-refractivity contribution in [2.45, 2.75) is 31.7 Å². The molecule has 0 fully saturated rings. The van der Waals surface area contributed by atoms with Crippen molar-refractivity contribution >= 4 is 10.0 Å². The van der Waals surface area contributed by atoms with Crippen LogP contribution in [0.2, 0.25) is 0 Å². The predicted molar refractivity (Wildman–Crippen MR) is 58.8 cm³/mol. The Kier molecular flexibility index (Phi) is 4.04. The lowest BCUT2D eigenvalue weighted by Crippen LogP contribution is -2.40. The summed E-state index contributed by atoms with van der Waals surface area (Å²) >= 11 is 0. The van der Waals surface area contributed by atoms with E-state index in [0.717, 1.165) is 0 Å². The van der Waals surface area contributed by atoms with E-state index >= 15 is 0 Å². The van der Waals surface area contributed by atoms with Crippen molar-refractivity contribution in [2.75, 3.05) is 0 Å². The molecule has 0 amide bonds. The first kappa shape index (κ1) is 12.7. The van der Waals surface area contributed by atoms with Crippen molar-refractivity contribution < 1.29 is 8.42 Å². The van der Waals surface area contributed by atoms with Crippen molar-refractivity contribution in [3.05, 3.63) is 18.5 Å². The molecule has 1 N–H and O–H groups in total. The molecular formula is C9H14N4O2S. The first-order valence-corrected chi connectivity index (χ1v) is 6.38. The molecule has 0 aliphatic carbocycles. The second-order valence-corrected chi connectivity index (χ2v) is 5.60. The number of aromatic nitrogens is 2. The Bertz CT molecular complexity index is 460. The van der Waals surface area contributed by atoms with Gasteiger partial charge in [-0.2, -0.15) is 10.4 Å². The molecule has 2 unspecified atom stereocenters. The Balaban J connectivity index is 2.59. The summed E-state index contributed by atoms with van der Waals surface area (Å²) in [5.74, 6) is 0. The van der Waals surface area contributed by atoms with Crippen LogP contribution in [0.4, 0.5) is 0 Å². The van der Waals surface area contributed by atoms with Crippen LogP contribution in [0.15, 0.2) is 18.5 Å². The SMILES string of the molecule is CC(Cn1cccn1)NS(=O)(=O)C(C)C#N. The van der Waals surface area contributed by atoms with Gasteiger partial charge in [-0.05, 0) is 19.9 Å². The average Bonchev–Trinajstić information content (AvgIpc) is 2.67. The minimum Gasteiger partial charge on any atom is -0.271 e. The largest absolute Gasteiger partial charge is 0.271 e. The fourth-order valence-electron chi connectivity index (χ4n) is 1.18. The zero-order valence-electron chi connectivity index (χ0n) is 9.16. The Labute approximate surface area is 94.9 Å². The smallest absolute Gasteiger partial charge is 0.227 e. The van der Waals surface area contributed by atoms with Gasteiger partial charge in [0.2, 0.25) is 10.0 Å². The molecule has 0 aliphatic heterocycles. The van der Waals surface area contributed by atoms with E-state index in [2.05, 4.69) is 9.82 Å². The van der Waals surface area contributed by atoms with Crippen LogP contribution in [-0.2, 0) is 16.6 Å². The highest BCUT2D eigenvalue weighted by Gasteiger charge is 2.22. The fraction of sp³-hybridized carbons (Fsp3) is 0.556. The topological polar surface area (TPSA) is 87.8 Å². The number of rotatable bonds is 5. The minimum absolute atomic E-state index is 0.305. The van der Waals surface area contributed by atoms with Crippen LogP contribution >= 0.6 is 0 Å². The highest BCUT2D eigenvalue weighted by molar-refractivity contribution is 7.90. The van der Waals surface area contributed by atoms with E-state index in [1.165, 1.54) is 6.92 Å². The van der Waals surface area contributed by atoms with Crippen molar-refractivity contribution in [1.82, 2.24) is 14.5 Å². The van der Waals surface area contributed by atoms with Gasteiger partial charge in [0.05, 0.1) is 12.6 Å². The highest BCUT2D eigenvalue weighted by Crippen LogP contribution is 1.99. The van der Waals surface area contributed by atoms with Gasteiger partial charge in [-0.1, -0.05) is 0 Å². The van der Waals surface area contributed by atoms with E-state index in [9.17, 15) is 8.42 Å². The number of sulfonamides is 1. The van der Waals surface area contributed by atoms with E-state index in [0.29, 0.717) is 6.54 Å². The Morgan fingerprint density at radius 2 is 2.25 bits per heavy atom. The molecule has 0 saturated heterocycles. The molecule has 6 nitrogen and oxygen atoms in total. The van der Waals surface area contributed by atoms with Gasteiger partial charge in [0, 0.05) is 18.4 Å². The van der Waals surface area contributed by atoms with Gasteiger partial charge in [0.1, 0.15) is 0 Å². The van der Waals surface area contributed by atoms with Gasteiger partial charge < -0.3 is 0 Å². The van der Waals surface area contributed by atoms with Gasteiger partial charge in [-0.3, -0.25) is 4.68 Å². The van der Waals surface area contributed by atoms with E-state index in [1.54, 1.807) is 36.1 Å². The van der Waals surface area contributed by atoms with Crippen LogP contribution in [0.3, 0.4) is 0 Å². The Morgan fingerprint density at radius 1 is 1.56 bits per heavy atom. The number of hydrogen-bond acceptors (Lipinski definition) is 4. The van der Waals surface area contributed by atoms with E-state index in [1.807, 2.05) is 0 Å². The van der Waals surface area contributed by atoms with Gasteiger partial charge >= 0.3 is 0 Å². The fourth-order valence-corrected chi connectivity index (χ4v) is 2.16. The molecule has 1 aromatic heterocycles. The molecule has 1 aromatic rings. The van der Waals surface area contributed by atoms with Crippen molar-refractivity contribution in [3.63, 3.8) is 0 Å². The van der Waals surface area contributed by atoms with Gasteiger partial charge in [-0.25, -0.2) is 13.1 Å². The molecule has 7 heteroatoms. The Hall–Kier alpha value is -1.39. The highest BCUT2D eigenvalue weighted by atomic mass is 32.2. The normalized spacial score (nSPS) is 15.3. The zero-order valence-corrected chi connectivity index (χ0v) is 9.98. The second-order valence-electron chi connectivity index (χ2n) is 3.56. The molecule has 2 atom stereocenters. The molecule has 88 valence electrons. The van der Waals surface area contributed by atoms with Crippen LogP contribution in [0.1, 0.15) is 13.8 Å². The molecule has 1 rings (SSSR count). The molecule has 0 radical (unpaired) electrons. The lowest BCUT2D eigenvalue weighted by Gasteiger charge is -2.15.